The van der Waals surface area contributed by atoms with Gasteiger partial charge in [-0.3, -0.25) is 5.43 Å². The number of para-hydroxylation sites is 1. The molecule has 3 nitrogen and oxygen atoms in total. The summed E-state index contributed by atoms with van der Waals surface area (Å²) >= 11 is 9.35. The number of nitrogens with zero attached hydrogens (tertiary/aromatic N) is 1. The van der Waals surface area contributed by atoms with Gasteiger partial charge in [0.25, 0.3) is 0 Å². The quantitative estimate of drug-likeness (QED) is 0.474. The first-order chi connectivity index (χ1) is 10.1. The molecule has 1 aromatic carbocycles. The number of benzene rings is 1. The third-order valence-corrected chi connectivity index (χ3v) is 6.82. The average Bonchev–Trinajstić information content (AvgIpc) is 2.91. The Morgan fingerprint density at radius 3 is 2.62 bits per heavy atom. The second-order valence-corrected chi connectivity index (χ2v) is 8.97. The van der Waals surface area contributed by atoms with E-state index in [9.17, 15) is 0 Å². The van der Waals surface area contributed by atoms with E-state index in [0.717, 1.165) is 24.2 Å². The second kappa shape index (κ2) is 8.06. The summed E-state index contributed by atoms with van der Waals surface area (Å²) in [6.45, 7) is 4.38. The van der Waals surface area contributed by atoms with Crippen molar-refractivity contribution in [1.82, 2.24) is 5.43 Å². The molecular weight excluding hydrogens is 318 g/mol. The van der Waals surface area contributed by atoms with Crippen molar-refractivity contribution in [2.45, 2.75) is 30.8 Å². The van der Waals surface area contributed by atoms with Crippen LogP contribution in [0, 0.1) is 0 Å². The molecular formula is C15H21N3S3. The lowest BCUT2D eigenvalue weighted by atomic mass is 10.2. The van der Waals surface area contributed by atoms with Crippen molar-refractivity contribution in [2.75, 3.05) is 16.8 Å². The van der Waals surface area contributed by atoms with Gasteiger partial charge in [-0.25, -0.2) is 0 Å². The highest BCUT2D eigenvalue weighted by molar-refractivity contribution is 8.21. The highest BCUT2D eigenvalue weighted by Gasteiger charge is 2.29. The lowest BCUT2D eigenvalue weighted by Crippen LogP contribution is -2.25. The molecule has 1 aromatic rings. The fourth-order valence-electron chi connectivity index (χ4n) is 1.99. The summed E-state index contributed by atoms with van der Waals surface area (Å²) in [5.74, 6) is 2.53. The van der Waals surface area contributed by atoms with E-state index in [1.54, 1.807) is 0 Å². The van der Waals surface area contributed by atoms with Crippen LogP contribution in [-0.4, -0.2) is 26.4 Å². The van der Waals surface area contributed by atoms with E-state index in [1.165, 1.54) is 11.5 Å². The average molecular weight is 340 g/mol. The normalized spacial score (nSPS) is 17.5. The van der Waals surface area contributed by atoms with Crippen molar-refractivity contribution in [3.63, 3.8) is 0 Å². The predicted molar refractivity (Wildman–Crippen MR) is 101 cm³/mol. The van der Waals surface area contributed by atoms with E-state index in [0.29, 0.717) is 9.19 Å². The minimum Gasteiger partial charge on any atom is -0.331 e. The zero-order valence-corrected chi connectivity index (χ0v) is 14.8. The number of nitrogens with one attached hydrogen (secondary N) is 2. The Hall–Kier alpha value is -0.720. The van der Waals surface area contributed by atoms with Crippen molar-refractivity contribution < 1.29 is 0 Å². The molecule has 0 unspecified atom stereocenters. The van der Waals surface area contributed by atoms with Gasteiger partial charge in [0.2, 0.25) is 0 Å². The largest absolute Gasteiger partial charge is 0.331 e. The van der Waals surface area contributed by atoms with Crippen molar-refractivity contribution in [3.8, 4) is 0 Å². The predicted octanol–water partition coefficient (Wildman–Crippen LogP) is 4.33. The molecule has 2 rings (SSSR count). The zero-order chi connectivity index (χ0) is 15.1. The summed E-state index contributed by atoms with van der Waals surface area (Å²) in [5, 5.41) is 7.99. The molecule has 0 saturated carbocycles. The van der Waals surface area contributed by atoms with Crippen molar-refractivity contribution in [2.24, 2.45) is 5.10 Å². The summed E-state index contributed by atoms with van der Waals surface area (Å²) in [5.41, 5.74) is 4.97. The van der Waals surface area contributed by atoms with Gasteiger partial charge >= 0.3 is 0 Å². The lowest BCUT2D eigenvalue weighted by Gasteiger charge is -2.21. The number of hydrogen-bond donors (Lipinski definition) is 2. The summed E-state index contributed by atoms with van der Waals surface area (Å²) in [6.07, 6.45) is 2.15. The molecule has 0 amide bonds. The maximum Gasteiger partial charge on any atom is 0.191 e. The lowest BCUT2D eigenvalue weighted by molar-refractivity contribution is 0.801. The first kappa shape index (κ1) is 16.6. The smallest absolute Gasteiger partial charge is 0.191 e. The van der Waals surface area contributed by atoms with Gasteiger partial charge in [-0.05, 0) is 51.0 Å². The Morgan fingerprint density at radius 1 is 1.29 bits per heavy atom. The number of hydrazone groups is 1. The van der Waals surface area contributed by atoms with E-state index >= 15 is 0 Å². The van der Waals surface area contributed by atoms with E-state index < -0.39 is 0 Å². The van der Waals surface area contributed by atoms with Gasteiger partial charge in [0, 0.05) is 22.9 Å². The Morgan fingerprint density at radius 2 is 1.95 bits per heavy atom. The minimum atomic E-state index is 0.361. The molecule has 2 N–H and O–H groups in total. The summed E-state index contributed by atoms with van der Waals surface area (Å²) in [7, 11) is 0. The molecule has 6 heteroatoms. The van der Waals surface area contributed by atoms with Crippen molar-refractivity contribution in [3.05, 3.63) is 30.3 Å². The van der Waals surface area contributed by atoms with Gasteiger partial charge in [-0.2, -0.15) is 5.10 Å². The van der Waals surface area contributed by atoms with Crippen LogP contribution in [-0.2, 0) is 0 Å². The van der Waals surface area contributed by atoms with E-state index in [2.05, 4.69) is 46.3 Å². The highest BCUT2D eigenvalue weighted by atomic mass is 32.2. The maximum absolute atomic E-state index is 5.23. The Balaban J connectivity index is 1.73. The summed E-state index contributed by atoms with van der Waals surface area (Å²) in [6, 6.07) is 9.86. The van der Waals surface area contributed by atoms with E-state index in [1.807, 2.05) is 37.3 Å². The summed E-state index contributed by atoms with van der Waals surface area (Å²) in [4.78, 5) is 0. The van der Waals surface area contributed by atoms with Gasteiger partial charge in [-0.1, -0.05) is 18.2 Å². The molecule has 0 aliphatic carbocycles. The van der Waals surface area contributed by atoms with Crippen LogP contribution in [0.15, 0.2) is 35.4 Å². The third kappa shape index (κ3) is 5.88. The zero-order valence-electron chi connectivity index (χ0n) is 12.4. The van der Waals surface area contributed by atoms with Crippen LogP contribution >= 0.6 is 35.7 Å². The van der Waals surface area contributed by atoms with E-state index in [4.69, 9.17) is 12.2 Å². The molecule has 1 saturated heterocycles. The number of rotatable bonds is 5. The van der Waals surface area contributed by atoms with Gasteiger partial charge < -0.3 is 5.32 Å². The Kier molecular flexibility index (Phi) is 6.39. The maximum atomic E-state index is 5.23. The van der Waals surface area contributed by atoms with Gasteiger partial charge in [0.15, 0.2) is 5.11 Å². The van der Waals surface area contributed by atoms with Gasteiger partial charge in [0.05, 0.1) is 4.08 Å². The number of hydrogen-bond acceptors (Lipinski definition) is 4. The minimum absolute atomic E-state index is 0.361. The van der Waals surface area contributed by atoms with E-state index in [-0.39, 0.29) is 0 Å². The SMILES string of the molecule is C/C(CCC1(C)SCCS1)=N\NC(=S)Nc1ccccc1. The molecule has 1 heterocycles. The molecule has 1 aliphatic heterocycles. The molecule has 0 aromatic heterocycles. The van der Waals surface area contributed by atoms with Crippen LogP contribution in [0.25, 0.3) is 0 Å². The molecule has 1 fully saturated rings. The highest BCUT2D eigenvalue weighted by Crippen LogP contribution is 2.46. The van der Waals surface area contributed by atoms with Gasteiger partial charge in [0.1, 0.15) is 0 Å². The van der Waals surface area contributed by atoms with Crippen LogP contribution in [0.1, 0.15) is 26.7 Å². The number of thiocarbonyl (C=S) groups is 1. The Bertz CT molecular complexity index is 496. The molecule has 1 aliphatic rings. The molecule has 0 bridgehead atoms. The van der Waals surface area contributed by atoms with Crippen LogP contribution in [0.2, 0.25) is 0 Å². The molecule has 0 spiro atoms. The van der Waals surface area contributed by atoms with Gasteiger partial charge in [-0.15, -0.1) is 23.5 Å². The number of anilines is 1. The third-order valence-electron chi connectivity index (χ3n) is 3.22. The molecule has 0 radical (unpaired) electrons. The Labute approximate surface area is 140 Å². The van der Waals surface area contributed by atoms with Crippen LogP contribution in [0.3, 0.4) is 0 Å². The van der Waals surface area contributed by atoms with Crippen LogP contribution < -0.4 is 10.7 Å². The van der Waals surface area contributed by atoms with Crippen molar-refractivity contribution in [1.29, 1.82) is 0 Å². The summed E-state index contributed by atoms with van der Waals surface area (Å²) < 4.78 is 0.361. The van der Waals surface area contributed by atoms with Crippen molar-refractivity contribution >= 4 is 52.3 Å². The number of thioether (sulfide) groups is 2. The fraction of sp³-hybridized carbons (Fsp3) is 0.467. The first-order valence-corrected chi connectivity index (χ1v) is 9.38. The monoisotopic (exact) mass is 339 g/mol. The molecule has 21 heavy (non-hydrogen) atoms. The molecule has 0 atom stereocenters. The first-order valence-electron chi connectivity index (χ1n) is 7.00. The second-order valence-electron chi connectivity index (χ2n) is 5.11. The standard InChI is InChI=1S/C15H21N3S3/c1-12(8-9-15(2)20-10-11-21-15)17-18-14(19)16-13-6-4-3-5-7-13/h3-7H,8-11H2,1-2H3,(H2,16,18,19)/b17-12+. The topological polar surface area (TPSA) is 36.4 Å². The van der Waals surface area contributed by atoms with Crippen LogP contribution in [0.4, 0.5) is 5.69 Å². The fourth-order valence-corrected chi connectivity index (χ4v) is 5.01. The molecule has 114 valence electrons. The van der Waals surface area contributed by atoms with Crippen LogP contribution in [0.5, 0.6) is 0 Å².